The summed E-state index contributed by atoms with van der Waals surface area (Å²) in [5.74, 6) is -0.0873. The summed E-state index contributed by atoms with van der Waals surface area (Å²) >= 11 is 0. The van der Waals surface area contributed by atoms with Gasteiger partial charge in [-0.15, -0.1) is 0 Å². The molecule has 16 heavy (non-hydrogen) atoms. The van der Waals surface area contributed by atoms with Crippen LogP contribution in [0.15, 0.2) is 18.3 Å². The topological polar surface area (TPSA) is 54.0 Å². The standard InChI is InChI=1S/C12H17N3O/c1-9-3-2-6-14-11(9)12(16)15-8-7-13-10-4-5-10/h2-3,6,10,13H,4-5,7-8H2,1H3,(H,15,16). The van der Waals surface area contributed by atoms with E-state index >= 15 is 0 Å². The molecule has 0 aliphatic heterocycles. The van der Waals surface area contributed by atoms with Crippen LogP contribution in [0.4, 0.5) is 0 Å². The maximum atomic E-state index is 11.7. The van der Waals surface area contributed by atoms with Crippen LogP contribution < -0.4 is 10.6 Å². The van der Waals surface area contributed by atoms with Crippen LogP contribution in [-0.2, 0) is 0 Å². The highest BCUT2D eigenvalue weighted by Gasteiger charge is 2.19. The van der Waals surface area contributed by atoms with Crippen LogP contribution in [0.2, 0.25) is 0 Å². The van der Waals surface area contributed by atoms with Crippen molar-refractivity contribution < 1.29 is 4.79 Å². The molecule has 2 rings (SSSR count). The van der Waals surface area contributed by atoms with Crippen LogP contribution in [0.5, 0.6) is 0 Å². The molecule has 0 unspecified atom stereocenters. The molecule has 1 aliphatic rings. The molecule has 1 aliphatic carbocycles. The number of carbonyl (C=O) groups excluding carboxylic acids is 1. The lowest BCUT2D eigenvalue weighted by atomic mass is 10.2. The fourth-order valence-corrected chi connectivity index (χ4v) is 1.55. The molecule has 1 heterocycles. The van der Waals surface area contributed by atoms with E-state index in [4.69, 9.17) is 0 Å². The maximum Gasteiger partial charge on any atom is 0.270 e. The van der Waals surface area contributed by atoms with Crippen molar-refractivity contribution in [3.05, 3.63) is 29.6 Å². The highest BCUT2D eigenvalue weighted by molar-refractivity contribution is 5.93. The fraction of sp³-hybridized carbons (Fsp3) is 0.500. The van der Waals surface area contributed by atoms with Crippen LogP contribution in [0.25, 0.3) is 0 Å². The number of hydrogen-bond acceptors (Lipinski definition) is 3. The lowest BCUT2D eigenvalue weighted by Gasteiger charge is -2.06. The Morgan fingerprint density at radius 3 is 3.00 bits per heavy atom. The molecule has 1 aromatic heterocycles. The molecule has 0 saturated heterocycles. The average molecular weight is 219 g/mol. The summed E-state index contributed by atoms with van der Waals surface area (Å²) < 4.78 is 0. The first-order valence-electron chi connectivity index (χ1n) is 5.70. The molecule has 0 atom stereocenters. The summed E-state index contributed by atoms with van der Waals surface area (Å²) in [7, 11) is 0. The Hall–Kier alpha value is -1.42. The van der Waals surface area contributed by atoms with Crippen molar-refractivity contribution in [2.75, 3.05) is 13.1 Å². The van der Waals surface area contributed by atoms with Gasteiger partial charge in [0.15, 0.2) is 0 Å². The highest BCUT2D eigenvalue weighted by Crippen LogP contribution is 2.17. The minimum absolute atomic E-state index is 0.0873. The predicted octanol–water partition coefficient (Wildman–Crippen LogP) is 0.872. The third-order valence-corrected chi connectivity index (χ3v) is 2.65. The van der Waals surface area contributed by atoms with Gasteiger partial charge in [-0.1, -0.05) is 6.07 Å². The van der Waals surface area contributed by atoms with Crippen molar-refractivity contribution in [3.63, 3.8) is 0 Å². The number of carbonyl (C=O) groups is 1. The van der Waals surface area contributed by atoms with Gasteiger partial charge in [0.05, 0.1) is 0 Å². The number of nitrogens with one attached hydrogen (secondary N) is 2. The monoisotopic (exact) mass is 219 g/mol. The van der Waals surface area contributed by atoms with Crippen molar-refractivity contribution in [3.8, 4) is 0 Å². The second-order valence-corrected chi connectivity index (χ2v) is 4.15. The van der Waals surface area contributed by atoms with Crippen LogP contribution in [0.1, 0.15) is 28.9 Å². The third-order valence-electron chi connectivity index (χ3n) is 2.65. The molecule has 0 spiro atoms. The van der Waals surface area contributed by atoms with E-state index in [9.17, 15) is 4.79 Å². The van der Waals surface area contributed by atoms with Crippen molar-refractivity contribution in [1.82, 2.24) is 15.6 Å². The summed E-state index contributed by atoms with van der Waals surface area (Å²) in [5.41, 5.74) is 1.43. The van der Waals surface area contributed by atoms with Crippen molar-refractivity contribution in [2.45, 2.75) is 25.8 Å². The summed E-state index contributed by atoms with van der Waals surface area (Å²) in [6.07, 6.45) is 4.19. The zero-order chi connectivity index (χ0) is 11.4. The number of amides is 1. The number of hydrogen-bond donors (Lipinski definition) is 2. The second-order valence-electron chi connectivity index (χ2n) is 4.15. The van der Waals surface area contributed by atoms with E-state index in [-0.39, 0.29) is 5.91 Å². The Balaban J connectivity index is 1.76. The highest BCUT2D eigenvalue weighted by atomic mass is 16.1. The lowest BCUT2D eigenvalue weighted by Crippen LogP contribution is -2.33. The van der Waals surface area contributed by atoms with Crippen LogP contribution in [0.3, 0.4) is 0 Å². The van der Waals surface area contributed by atoms with E-state index in [1.54, 1.807) is 6.20 Å². The van der Waals surface area contributed by atoms with E-state index in [1.807, 2.05) is 19.1 Å². The molecule has 1 amide bonds. The molecule has 2 N–H and O–H groups in total. The molecule has 0 bridgehead atoms. The smallest absolute Gasteiger partial charge is 0.270 e. The number of aryl methyl sites for hydroxylation is 1. The quantitative estimate of drug-likeness (QED) is 0.723. The van der Waals surface area contributed by atoms with Gasteiger partial charge in [-0.05, 0) is 31.4 Å². The van der Waals surface area contributed by atoms with Gasteiger partial charge in [0.2, 0.25) is 0 Å². The summed E-state index contributed by atoms with van der Waals surface area (Å²) in [6, 6.07) is 4.42. The molecular weight excluding hydrogens is 202 g/mol. The SMILES string of the molecule is Cc1cccnc1C(=O)NCCNC1CC1. The van der Waals surface area contributed by atoms with Crippen molar-refractivity contribution >= 4 is 5.91 Å². The van der Waals surface area contributed by atoms with E-state index in [0.29, 0.717) is 18.3 Å². The molecule has 1 fully saturated rings. The van der Waals surface area contributed by atoms with Gasteiger partial charge < -0.3 is 10.6 Å². The third kappa shape index (κ3) is 3.03. The number of aromatic nitrogens is 1. The molecular formula is C12H17N3O. The van der Waals surface area contributed by atoms with Crippen LogP contribution >= 0.6 is 0 Å². The van der Waals surface area contributed by atoms with E-state index in [1.165, 1.54) is 12.8 Å². The van der Waals surface area contributed by atoms with Gasteiger partial charge in [-0.3, -0.25) is 9.78 Å². The molecule has 4 nitrogen and oxygen atoms in total. The zero-order valence-electron chi connectivity index (χ0n) is 9.49. The average Bonchev–Trinajstić information content (AvgIpc) is 3.08. The largest absolute Gasteiger partial charge is 0.349 e. The summed E-state index contributed by atoms with van der Waals surface area (Å²) in [5, 5.41) is 6.20. The zero-order valence-corrected chi connectivity index (χ0v) is 9.49. The second kappa shape index (κ2) is 5.07. The Labute approximate surface area is 95.5 Å². The minimum Gasteiger partial charge on any atom is -0.349 e. The van der Waals surface area contributed by atoms with Gasteiger partial charge in [0, 0.05) is 25.3 Å². The van der Waals surface area contributed by atoms with Gasteiger partial charge in [0.25, 0.3) is 5.91 Å². The van der Waals surface area contributed by atoms with Crippen molar-refractivity contribution in [1.29, 1.82) is 0 Å². The minimum atomic E-state index is -0.0873. The Kier molecular flexibility index (Phi) is 3.51. The first-order chi connectivity index (χ1) is 7.77. The predicted molar refractivity (Wildman–Crippen MR) is 62.3 cm³/mol. The molecule has 1 aromatic rings. The van der Waals surface area contributed by atoms with Gasteiger partial charge in [-0.25, -0.2) is 0 Å². The normalized spacial score (nSPS) is 14.8. The molecule has 4 heteroatoms. The van der Waals surface area contributed by atoms with Gasteiger partial charge in [0.1, 0.15) is 5.69 Å². The first kappa shape index (κ1) is 11.1. The molecule has 1 saturated carbocycles. The van der Waals surface area contributed by atoms with E-state index < -0.39 is 0 Å². The van der Waals surface area contributed by atoms with Crippen molar-refractivity contribution in [2.24, 2.45) is 0 Å². The first-order valence-corrected chi connectivity index (χ1v) is 5.70. The Morgan fingerprint density at radius 1 is 1.50 bits per heavy atom. The number of pyridine rings is 1. The number of nitrogens with zero attached hydrogens (tertiary/aromatic N) is 1. The number of rotatable bonds is 5. The van der Waals surface area contributed by atoms with E-state index in [0.717, 1.165) is 12.1 Å². The van der Waals surface area contributed by atoms with Crippen LogP contribution in [0, 0.1) is 6.92 Å². The molecule has 0 aromatic carbocycles. The molecule has 86 valence electrons. The maximum absolute atomic E-state index is 11.7. The fourth-order valence-electron chi connectivity index (χ4n) is 1.55. The summed E-state index contributed by atoms with van der Waals surface area (Å²) in [6.45, 7) is 3.39. The van der Waals surface area contributed by atoms with E-state index in [2.05, 4.69) is 15.6 Å². The lowest BCUT2D eigenvalue weighted by molar-refractivity contribution is 0.0948. The van der Waals surface area contributed by atoms with Crippen LogP contribution in [-0.4, -0.2) is 30.0 Å². The Bertz CT molecular complexity index is 374. The summed E-state index contributed by atoms with van der Waals surface area (Å²) in [4.78, 5) is 15.8. The van der Waals surface area contributed by atoms with Gasteiger partial charge in [-0.2, -0.15) is 0 Å². The van der Waals surface area contributed by atoms with Gasteiger partial charge >= 0.3 is 0 Å². The molecule has 0 radical (unpaired) electrons. The Morgan fingerprint density at radius 2 is 2.31 bits per heavy atom.